The number of halogens is 1. The van der Waals surface area contributed by atoms with E-state index in [9.17, 15) is 13.4 Å². The topological polar surface area (TPSA) is 37.4 Å². The minimum absolute atomic E-state index is 0.111. The SMILES string of the molecule is CC(C(=O)N1CCCCC1)S(=O)c1ccccc1F. The van der Waals surface area contributed by atoms with Gasteiger partial charge in [-0.05, 0) is 38.3 Å². The molecule has 0 aromatic heterocycles. The van der Waals surface area contributed by atoms with Crippen molar-refractivity contribution in [2.75, 3.05) is 13.1 Å². The third kappa shape index (κ3) is 3.21. The number of amides is 1. The zero-order chi connectivity index (χ0) is 13.8. The number of benzene rings is 1. The highest BCUT2D eigenvalue weighted by atomic mass is 32.2. The lowest BCUT2D eigenvalue weighted by Gasteiger charge is -2.28. The molecule has 0 radical (unpaired) electrons. The molecule has 1 amide bonds. The van der Waals surface area contributed by atoms with Gasteiger partial charge in [-0.3, -0.25) is 9.00 Å². The van der Waals surface area contributed by atoms with Crippen LogP contribution in [0.5, 0.6) is 0 Å². The van der Waals surface area contributed by atoms with Crippen LogP contribution in [-0.4, -0.2) is 33.4 Å². The van der Waals surface area contributed by atoms with Gasteiger partial charge in [-0.25, -0.2) is 4.39 Å². The first-order valence-electron chi connectivity index (χ1n) is 6.55. The molecule has 0 saturated carbocycles. The van der Waals surface area contributed by atoms with Crippen molar-refractivity contribution in [2.45, 2.75) is 36.3 Å². The lowest BCUT2D eigenvalue weighted by molar-refractivity contribution is -0.131. The van der Waals surface area contributed by atoms with Gasteiger partial charge in [0.2, 0.25) is 5.91 Å². The Morgan fingerprint density at radius 1 is 1.26 bits per heavy atom. The van der Waals surface area contributed by atoms with Crippen LogP contribution in [0.4, 0.5) is 4.39 Å². The first-order chi connectivity index (χ1) is 9.11. The van der Waals surface area contributed by atoms with Crippen molar-refractivity contribution in [3.05, 3.63) is 30.1 Å². The van der Waals surface area contributed by atoms with E-state index >= 15 is 0 Å². The molecule has 1 aliphatic rings. The van der Waals surface area contributed by atoms with Crippen LogP contribution in [0.2, 0.25) is 0 Å². The number of likely N-dealkylation sites (tertiary alicyclic amines) is 1. The molecule has 1 aromatic rings. The smallest absolute Gasteiger partial charge is 0.238 e. The summed E-state index contributed by atoms with van der Waals surface area (Å²) < 4.78 is 25.9. The molecular formula is C14H18FNO2S. The van der Waals surface area contributed by atoms with Crippen LogP contribution in [-0.2, 0) is 15.6 Å². The molecule has 1 aliphatic heterocycles. The van der Waals surface area contributed by atoms with Crippen molar-refractivity contribution in [2.24, 2.45) is 0 Å². The van der Waals surface area contributed by atoms with Crippen molar-refractivity contribution < 1.29 is 13.4 Å². The Bertz CT molecular complexity index is 486. The Kier molecular flexibility index (Phi) is 4.69. The van der Waals surface area contributed by atoms with Crippen molar-refractivity contribution >= 4 is 16.7 Å². The predicted octanol–water partition coefficient (Wildman–Crippen LogP) is 2.33. The van der Waals surface area contributed by atoms with Crippen LogP contribution in [0, 0.1) is 5.82 Å². The average molecular weight is 283 g/mol. The zero-order valence-corrected chi connectivity index (χ0v) is 11.8. The summed E-state index contributed by atoms with van der Waals surface area (Å²) in [6, 6.07) is 5.93. The summed E-state index contributed by atoms with van der Waals surface area (Å²) >= 11 is 0. The van der Waals surface area contributed by atoms with Gasteiger partial charge in [0.05, 0.1) is 15.7 Å². The van der Waals surface area contributed by atoms with E-state index in [1.165, 1.54) is 12.1 Å². The summed E-state index contributed by atoms with van der Waals surface area (Å²) in [6.07, 6.45) is 3.12. The Morgan fingerprint density at radius 2 is 1.89 bits per heavy atom. The molecule has 104 valence electrons. The number of nitrogens with zero attached hydrogens (tertiary/aromatic N) is 1. The van der Waals surface area contributed by atoms with Gasteiger partial charge in [0.15, 0.2) is 0 Å². The van der Waals surface area contributed by atoms with Gasteiger partial charge in [-0.2, -0.15) is 0 Å². The fraction of sp³-hybridized carbons (Fsp3) is 0.500. The summed E-state index contributed by atoms with van der Waals surface area (Å²) in [7, 11) is -1.64. The molecule has 1 heterocycles. The fourth-order valence-corrected chi connectivity index (χ4v) is 3.45. The van der Waals surface area contributed by atoms with Gasteiger partial charge in [0, 0.05) is 13.1 Å². The summed E-state index contributed by atoms with van der Waals surface area (Å²) in [6.45, 7) is 3.05. The molecule has 3 nitrogen and oxygen atoms in total. The molecule has 1 fully saturated rings. The second kappa shape index (κ2) is 6.28. The maximum atomic E-state index is 13.6. The van der Waals surface area contributed by atoms with Crippen molar-refractivity contribution in [1.82, 2.24) is 4.90 Å². The molecule has 5 heteroatoms. The Hall–Kier alpha value is -1.23. The van der Waals surface area contributed by atoms with E-state index < -0.39 is 21.9 Å². The number of carbonyl (C=O) groups excluding carboxylic acids is 1. The largest absolute Gasteiger partial charge is 0.342 e. The lowest BCUT2D eigenvalue weighted by Crippen LogP contribution is -2.42. The quantitative estimate of drug-likeness (QED) is 0.854. The minimum Gasteiger partial charge on any atom is -0.342 e. The van der Waals surface area contributed by atoms with Gasteiger partial charge in [0.1, 0.15) is 11.1 Å². The third-order valence-electron chi connectivity index (χ3n) is 3.39. The van der Waals surface area contributed by atoms with Crippen LogP contribution >= 0.6 is 0 Å². The molecule has 1 saturated heterocycles. The van der Waals surface area contributed by atoms with Gasteiger partial charge in [-0.1, -0.05) is 12.1 Å². The monoisotopic (exact) mass is 283 g/mol. The van der Waals surface area contributed by atoms with Crippen LogP contribution in [0.25, 0.3) is 0 Å². The van der Waals surface area contributed by atoms with E-state index in [-0.39, 0.29) is 10.8 Å². The lowest BCUT2D eigenvalue weighted by atomic mass is 10.1. The van der Waals surface area contributed by atoms with E-state index in [2.05, 4.69) is 0 Å². The molecule has 2 unspecified atom stereocenters. The van der Waals surface area contributed by atoms with Crippen LogP contribution < -0.4 is 0 Å². The van der Waals surface area contributed by atoms with Gasteiger partial charge in [0.25, 0.3) is 0 Å². The van der Waals surface area contributed by atoms with Crippen LogP contribution in [0.15, 0.2) is 29.2 Å². The molecule has 1 aromatic carbocycles. The molecule has 0 N–H and O–H groups in total. The van der Waals surface area contributed by atoms with Gasteiger partial charge >= 0.3 is 0 Å². The Balaban J connectivity index is 2.10. The standard InChI is InChI=1S/C14H18FNO2S/c1-11(14(17)16-9-5-2-6-10-16)19(18)13-8-4-3-7-12(13)15/h3-4,7-8,11H,2,5-6,9-10H2,1H3. The summed E-state index contributed by atoms with van der Waals surface area (Å²) in [5.74, 6) is -0.652. The first kappa shape index (κ1) is 14.2. The van der Waals surface area contributed by atoms with E-state index in [0.717, 1.165) is 32.4 Å². The van der Waals surface area contributed by atoms with Crippen LogP contribution in [0.1, 0.15) is 26.2 Å². The Labute approximate surface area is 115 Å². The Morgan fingerprint density at radius 3 is 2.53 bits per heavy atom. The predicted molar refractivity (Wildman–Crippen MR) is 72.7 cm³/mol. The van der Waals surface area contributed by atoms with E-state index in [0.29, 0.717) is 0 Å². The minimum atomic E-state index is -1.64. The third-order valence-corrected chi connectivity index (χ3v) is 5.00. The van der Waals surface area contributed by atoms with E-state index in [4.69, 9.17) is 0 Å². The fourth-order valence-electron chi connectivity index (χ4n) is 2.26. The van der Waals surface area contributed by atoms with Crippen molar-refractivity contribution in [1.29, 1.82) is 0 Å². The highest BCUT2D eigenvalue weighted by molar-refractivity contribution is 7.86. The highest BCUT2D eigenvalue weighted by Crippen LogP contribution is 2.18. The molecule has 19 heavy (non-hydrogen) atoms. The summed E-state index contributed by atoms with van der Waals surface area (Å²) in [5, 5.41) is -0.699. The first-order valence-corrected chi connectivity index (χ1v) is 7.76. The maximum absolute atomic E-state index is 13.6. The summed E-state index contributed by atoms with van der Waals surface area (Å²) in [5.41, 5.74) is 0. The normalized spacial score (nSPS) is 18.9. The van der Waals surface area contributed by atoms with Gasteiger partial charge < -0.3 is 4.90 Å². The zero-order valence-electron chi connectivity index (χ0n) is 11.0. The van der Waals surface area contributed by atoms with E-state index in [1.807, 2.05) is 0 Å². The molecule has 2 rings (SSSR count). The second-order valence-electron chi connectivity index (χ2n) is 4.76. The maximum Gasteiger partial charge on any atom is 0.238 e. The van der Waals surface area contributed by atoms with Crippen LogP contribution in [0.3, 0.4) is 0 Å². The van der Waals surface area contributed by atoms with Gasteiger partial charge in [-0.15, -0.1) is 0 Å². The average Bonchev–Trinajstić information content (AvgIpc) is 2.46. The van der Waals surface area contributed by atoms with E-state index in [1.54, 1.807) is 24.0 Å². The number of carbonyl (C=O) groups is 1. The molecule has 0 spiro atoms. The molecule has 2 atom stereocenters. The number of rotatable bonds is 3. The second-order valence-corrected chi connectivity index (χ2v) is 6.50. The molecule has 0 aliphatic carbocycles. The van der Waals surface area contributed by atoms with Crippen molar-refractivity contribution in [3.8, 4) is 0 Å². The van der Waals surface area contributed by atoms with Crippen molar-refractivity contribution in [3.63, 3.8) is 0 Å². The number of hydrogen-bond acceptors (Lipinski definition) is 2. The highest BCUT2D eigenvalue weighted by Gasteiger charge is 2.28. The number of hydrogen-bond donors (Lipinski definition) is 0. The number of piperidine rings is 1. The molecule has 0 bridgehead atoms. The summed E-state index contributed by atoms with van der Waals surface area (Å²) in [4.78, 5) is 14.1. The molecular weight excluding hydrogens is 265 g/mol.